The molecule has 0 aliphatic heterocycles. The number of anilines is 1. The summed E-state index contributed by atoms with van der Waals surface area (Å²) in [4.78, 5) is 16.3. The summed E-state index contributed by atoms with van der Waals surface area (Å²) in [6.07, 6.45) is 0. The number of esters is 1. The van der Waals surface area contributed by atoms with Gasteiger partial charge in [0.05, 0.1) is 14.2 Å². The first kappa shape index (κ1) is 16.9. The molecule has 1 heterocycles. The van der Waals surface area contributed by atoms with Gasteiger partial charge in [0.1, 0.15) is 11.3 Å². The highest BCUT2D eigenvalue weighted by Crippen LogP contribution is 2.23. The van der Waals surface area contributed by atoms with E-state index in [0.29, 0.717) is 28.8 Å². The van der Waals surface area contributed by atoms with Crippen LogP contribution in [-0.4, -0.2) is 29.5 Å². The maximum Gasteiger partial charge on any atom is 0.341 e. The molecule has 128 valence electrons. The average molecular weight is 355 g/mol. The molecule has 0 amide bonds. The van der Waals surface area contributed by atoms with Gasteiger partial charge < -0.3 is 14.8 Å². The van der Waals surface area contributed by atoms with Crippen LogP contribution in [0, 0.1) is 0 Å². The topological polar surface area (TPSA) is 73.3 Å². The Balaban J connectivity index is 1.72. The van der Waals surface area contributed by atoms with Gasteiger partial charge >= 0.3 is 5.97 Å². The Bertz CT molecular complexity index is 865. The summed E-state index contributed by atoms with van der Waals surface area (Å²) >= 11 is 1.30. The molecule has 0 aliphatic carbocycles. The number of aromatic nitrogens is 2. The number of hydrogen-bond acceptors (Lipinski definition) is 7. The van der Waals surface area contributed by atoms with Crippen molar-refractivity contribution in [2.24, 2.45) is 0 Å². The number of hydrogen-bond donors (Lipinski definition) is 1. The molecule has 0 unspecified atom stereocenters. The molecular formula is C18H17N3O3S. The lowest BCUT2D eigenvalue weighted by Gasteiger charge is -2.09. The number of ether oxygens (including phenoxy) is 2. The summed E-state index contributed by atoms with van der Waals surface area (Å²) < 4.78 is 14.3. The number of rotatable bonds is 6. The van der Waals surface area contributed by atoms with E-state index in [1.54, 1.807) is 12.1 Å². The van der Waals surface area contributed by atoms with E-state index < -0.39 is 5.97 Å². The van der Waals surface area contributed by atoms with Gasteiger partial charge in [-0.1, -0.05) is 36.4 Å². The third kappa shape index (κ3) is 3.95. The van der Waals surface area contributed by atoms with Gasteiger partial charge in [-0.05, 0) is 17.7 Å². The van der Waals surface area contributed by atoms with E-state index in [9.17, 15) is 4.79 Å². The molecular weight excluding hydrogens is 338 g/mol. The smallest absolute Gasteiger partial charge is 0.341 e. The fourth-order valence-corrected chi connectivity index (χ4v) is 2.90. The van der Waals surface area contributed by atoms with Gasteiger partial charge in [0.2, 0.25) is 5.13 Å². The van der Waals surface area contributed by atoms with Crippen LogP contribution in [0.25, 0.3) is 11.4 Å². The molecule has 3 aromatic rings. The van der Waals surface area contributed by atoms with E-state index in [2.05, 4.69) is 14.7 Å². The maximum absolute atomic E-state index is 11.8. The third-order valence-electron chi connectivity index (χ3n) is 3.57. The van der Waals surface area contributed by atoms with Crippen molar-refractivity contribution in [1.29, 1.82) is 0 Å². The second-order valence-corrected chi connectivity index (χ2v) is 5.92. The molecule has 0 atom stereocenters. The Morgan fingerprint density at radius 2 is 1.96 bits per heavy atom. The lowest BCUT2D eigenvalue weighted by molar-refractivity contribution is 0.0597. The van der Waals surface area contributed by atoms with Crippen molar-refractivity contribution in [1.82, 2.24) is 9.36 Å². The van der Waals surface area contributed by atoms with Crippen molar-refractivity contribution in [3.8, 4) is 17.1 Å². The number of methoxy groups -OCH3 is 2. The predicted octanol–water partition coefficient (Wildman–Crippen LogP) is 3.61. The summed E-state index contributed by atoms with van der Waals surface area (Å²) in [5, 5.41) is 3.94. The number of carbonyl (C=O) groups excluding carboxylic acids is 1. The molecule has 0 radical (unpaired) electrons. The molecule has 0 saturated heterocycles. The molecule has 6 nitrogen and oxygen atoms in total. The summed E-state index contributed by atoms with van der Waals surface area (Å²) in [6.45, 7) is 0.511. The zero-order valence-corrected chi connectivity index (χ0v) is 14.7. The first-order valence-corrected chi connectivity index (χ1v) is 8.37. The lowest BCUT2D eigenvalue weighted by Crippen LogP contribution is -2.06. The van der Waals surface area contributed by atoms with Crippen LogP contribution in [0.5, 0.6) is 5.75 Å². The molecule has 0 saturated carbocycles. The first-order chi connectivity index (χ1) is 12.2. The monoisotopic (exact) mass is 355 g/mol. The summed E-state index contributed by atoms with van der Waals surface area (Å²) in [5.74, 6) is 0.747. The van der Waals surface area contributed by atoms with Crippen LogP contribution in [-0.2, 0) is 11.3 Å². The molecule has 1 aromatic heterocycles. The maximum atomic E-state index is 11.8. The van der Waals surface area contributed by atoms with E-state index >= 15 is 0 Å². The second kappa shape index (κ2) is 7.76. The highest BCUT2D eigenvalue weighted by Gasteiger charge is 2.13. The number of benzene rings is 2. The van der Waals surface area contributed by atoms with Gasteiger partial charge in [-0.2, -0.15) is 9.36 Å². The molecule has 0 bridgehead atoms. The fourth-order valence-electron chi connectivity index (χ4n) is 2.31. The highest BCUT2D eigenvalue weighted by atomic mass is 32.1. The average Bonchev–Trinajstić information content (AvgIpc) is 3.15. The van der Waals surface area contributed by atoms with Crippen LogP contribution in [0.1, 0.15) is 15.9 Å². The van der Waals surface area contributed by atoms with Crippen LogP contribution in [0.4, 0.5) is 5.13 Å². The largest absolute Gasteiger partial charge is 0.496 e. The predicted molar refractivity (Wildman–Crippen MR) is 97.0 cm³/mol. The van der Waals surface area contributed by atoms with Gasteiger partial charge in [-0.15, -0.1) is 0 Å². The summed E-state index contributed by atoms with van der Waals surface area (Å²) in [7, 11) is 2.87. The third-order valence-corrected chi connectivity index (χ3v) is 4.24. The van der Waals surface area contributed by atoms with Gasteiger partial charge in [0.15, 0.2) is 5.82 Å². The van der Waals surface area contributed by atoms with Crippen molar-refractivity contribution in [3.05, 3.63) is 59.7 Å². The Labute approximate surface area is 149 Å². The standard InChI is InChI=1S/C18H17N3O3S/c1-23-15-9-8-12(10-14(15)17(22)24-2)11-19-18-20-16(21-25-18)13-6-4-3-5-7-13/h3-10H,11H2,1-2H3,(H,19,20,21). The van der Waals surface area contributed by atoms with Crippen LogP contribution in [0.15, 0.2) is 48.5 Å². The summed E-state index contributed by atoms with van der Waals surface area (Å²) in [5.41, 5.74) is 2.29. The van der Waals surface area contributed by atoms with Crippen molar-refractivity contribution >= 4 is 22.6 Å². The van der Waals surface area contributed by atoms with Gasteiger partial charge in [-0.25, -0.2) is 4.79 Å². The SMILES string of the molecule is COC(=O)c1cc(CNc2nc(-c3ccccc3)ns2)ccc1OC. The number of nitrogens with zero attached hydrogens (tertiary/aromatic N) is 2. The summed E-state index contributed by atoms with van der Waals surface area (Å²) in [6, 6.07) is 15.2. The minimum atomic E-state index is -0.430. The molecule has 25 heavy (non-hydrogen) atoms. The van der Waals surface area contributed by atoms with Gasteiger partial charge in [-0.3, -0.25) is 0 Å². The minimum absolute atomic E-state index is 0.395. The zero-order chi connectivity index (χ0) is 17.6. The van der Waals surface area contributed by atoms with Crippen LogP contribution in [0.3, 0.4) is 0 Å². The first-order valence-electron chi connectivity index (χ1n) is 7.59. The van der Waals surface area contributed by atoms with Crippen LogP contribution in [0.2, 0.25) is 0 Å². The Kier molecular flexibility index (Phi) is 5.25. The fraction of sp³-hybridized carbons (Fsp3) is 0.167. The van der Waals surface area contributed by atoms with E-state index in [1.165, 1.54) is 25.8 Å². The van der Waals surface area contributed by atoms with Crippen molar-refractivity contribution in [2.75, 3.05) is 19.5 Å². The molecule has 0 fully saturated rings. The molecule has 3 rings (SSSR count). The van der Waals surface area contributed by atoms with Crippen molar-refractivity contribution < 1.29 is 14.3 Å². The van der Waals surface area contributed by atoms with E-state index in [-0.39, 0.29) is 0 Å². The van der Waals surface area contributed by atoms with Crippen LogP contribution < -0.4 is 10.1 Å². The quantitative estimate of drug-likeness (QED) is 0.681. The number of nitrogens with one attached hydrogen (secondary N) is 1. The Morgan fingerprint density at radius 3 is 2.68 bits per heavy atom. The minimum Gasteiger partial charge on any atom is -0.496 e. The van der Waals surface area contributed by atoms with E-state index in [1.807, 2.05) is 36.4 Å². The van der Waals surface area contributed by atoms with E-state index in [0.717, 1.165) is 11.1 Å². The van der Waals surface area contributed by atoms with Crippen molar-refractivity contribution in [2.45, 2.75) is 6.54 Å². The van der Waals surface area contributed by atoms with Gasteiger partial charge in [0.25, 0.3) is 0 Å². The molecule has 2 aromatic carbocycles. The van der Waals surface area contributed by atoms with Crippen molar-refractivity contribution in [3.63, 3.8) is 0 Å². The Hall–Kier alpha value is -2.93. The lowest BCUT2D eigenvalue weighted by atomic mass is 10.1. The van der Waals surface area contributed by atoms with E-state index in [4.69, 9.17) is 9.47 Å². The highest BCUT2D eigenvalue weighted by molar-refractivity contribution is 7.09. The number of carbonyl (C=O) groups is 1. The Morgan fingerprint density at radius 1 is 1.16 bits per heavy atom. The molecule has 0 spiro atoms. The van der Waals surface area contributed by atoms with Crippen LogP contribution >= 0.6 is 11.5 Å². The molecule has 1 N–H and O–H groups in total. The normalized spacial score (nSPS) is 10.3. The van der Waals surface area contributed by atoms with Gasteiger partial charge in [0, 0.05) is 23.6 Å². The molecule has 7 heteroatoms. The molecule has 0 aliphatic rings. The zero-order valence-electron chi connectivity index (χ0n) is 13.9. The second-order valence-electron chi connectivity index (χ2n) is 5.17.